The molecule has 0 spiro atoms. The number of nitrogens with zero attached hydrogens (tertiary/aromatic N) is 4. The molecule has 20 heavy (non-hydrogen) atoms. The number of hydrogen-bond donors (Lipinski definition) is 1. The summed E-state index contributed by atoms with van der Waals surface area (Å²) in [4.78, 5) is 21.5. The Morgan fingerprint density at radius 3 is 3.00 bits per heavy atom. The van der Waals surface area contributed by atoms with E-state index in [4.69, 9.17) is 0 Å². The van der Waals surface area contributed by atoms with Crippen LogP contribution in [0.3, 0.4) is 0 Å². The molecule has 0 unspecified atom stereocenters. The largest absolute Gasteiger partial charge is 0.345 e. The lowest BCUT2D eigenvalue weighted by Gasteiger charge is -2.39. The van der Waals surface area contributed by atoms with Gasteiger partial charge < -0.3 is 9.88 Å². The van der Waals surface area contributed by atoms with Crippen LogP contribution in [0.5, 0.6) is 0 Å². The van der Waals surface area contributed by atoms with Gasteiger partial charge in [-0.25, -0.2) is 4.98 Å². The van der Waals surface area contributed by atoms with E-state index in [0.29, 0.717) is 18.7 Å². The number of fused-ring (bicyclic) bond motifs is 1. The minimum Gasteiger partial charge on any atom is -0.345 e. The molecule has 0 radical (unpaired) electrons. The maximum absolute atomic E-state index is 12.5. The molecule has 1 amide bonds. The van der Waals surface area contributed by atoms with Crippen molar-refractivity contribution in [2.24, 2.45) is 0 Å². The van der Waals surface area contributed by atoms with Crippen LogP contribution in [0.15, 0.2) is 43.0 Å². The topological polar surface area (TPSA) is 66.8 Å². The van der Waals surface area contributed by atoms with Crippen molar-refractivity contribution in [3.05, 3.63) is 48.5 Å². The summed E-state index contributed by atoms with van der Waals surface area (Å²) in [5.74, 6) is 0.0488. The summed E-state index contributed by atoms with van der Waals surface area (Å²) in [6.07, 6.45) is 7.14. The van der Waals surface area contributed by atoms with E-state index in [-0.39, 0.29) is 11.9 Å². The van der Waals surface area contributed by atoms with Gasteiger partial charge in [0.25, 0.3) is 5.91 Å². The normalized spacial score (nSPS) is 15.5. The van der Waals surface area contributed by atoms with Crippen LogP contribution in [0, 0.1) is 0 Å². The Bertz CT molecular complexity index is 755. The van der Waals surface area contributed by atoms with Crippen molar-refractivity contribution in [1.29, 1.82) is 0 Å². The molecule has 1 aliphatic rings. The Hall–Kier alpha value is -2.63. The van der Waals surface area contributed by atoms with Gasteiger partial charge >= 0.3 is 0 Å². The highest BCUT2D eigenvalue weighted by Gasteiger charge is 2.33. The number of H-pyrrole nitrogens is 1. The zero-order valence-corrected chi connectivity index (χ0v) is 10.7. The Labute approximate surface area is 115 Å². The second-order valence-electron chi connectivity index (χ2n) is 4.95. The fourth-order valence-corrected chi connectivity index (χ4v) is 2.59. The van der Waals surface area contributed by atoms with Gasteiger partial charge in [0.05, 0.1) is 11.6 Å². The van der Waals surface area contributed by atoms with E-state index in [1.807, 2.05) is 34.0 Å². The predicted molar refractivity (Wildman–Crippen MR) is 73.3 cm³/mol. The molecule has 0 saturated carbocycles. The third-order valence-corrected chi connectivity index (χ3v) is 3.73. The molecule has 100 valence electrons. The number of hydrogen-bond acceptors (Lipinski definition) is 3. The molecule has 0 bridgehead atoms. The number of likely N-dealkylation sites (tertiary alicyclic amines) is 1. The zero-order valence-electron chi connectivity index (χ0n) is 10.7. The van der Waals surface area contributed by atoms with Crippen molar-refractivity contribution < 1.29 is 4.79 Å². The molecular weight excluding hydrogens is 254 g/mol. The minimum atomic E-state index is 0.0488. The molecule has 6 heteroatoms. The molecule has 4 rings (SSSR count). The van der Waals surface area contributed by atoms with Crippen LogP contribution in [-0.4, -0.2) is 43.6 Å². The van der Waals surface area contributed by atoms with Crippen LogP contribution >= 0.6 is 0 Å². The second kappa shape index (κ2) is 4.19. The summed E-state index contributed by atoms with van der Waals surface area (Å²) in [5.41, 5.74) is 1.44. The van der Waals surface area contributed by atoms with Crippen molar-refractivity contribution in [1.82, 2.24) is 24.6 Å². The highest BCUT2D eigenvalue weighted by Crippen LogP contribution is 2.25. The fourth-order valence-electron chi connectivity index (χ4n) is 2.59. The SMILES string of the molecule is O=C(c1c[nH]c2ncccc12)N1CC(n2cccn2)C1. The monoisotopic (exact) mass is 267 g/mol. The summed E-state index contributed by atoms with van der Waals surface area (Å²) in [5, 5.41) is 5.08. The summed E-state index contributed by atoms with van der Waals surface area (Å²) >= 11 is 0. The van der Waals surface area contributed by atoms with E-state index in [1.54, 1.807) is 18.6 Å². The van der Waals surface area contributed by atoms with Gasteiger partial charge in [0.15, 0.2) is 0 Å². The third-order valence-electron chi connectivity index (χ3n) is 3.73. The van der Waals surface area contributed by atoms with E-state index < -0.39 is 0 Å². The van der Waals surface area contributed by atoms with Crippen molar-refractivity contribution in [2.45, 2.75) is 6.04 Å². The standard InChI is InChI=1S/C14H13N5O/c20-14(12-7-16-13-11(12)3-1-4-15-13)18-8-10(9-18)19-6-2-5-17-19/h1-7,10H,8-9H2,(H,15,16). The Morgan fingerprint density at radius 2 is 2.20 bits per heavy atom. The maximum Gasteiger partial charge on any atom is 0.256 e. The molecule has 0 aromatic carbocycles. The van der Waals surface area contributed by atoms with Gasteiger partial charge in [-0.05, 0) is 18.2 Å². The number of amides is 1. The first-order valence-corrected chi connectivity index (χ1v) is 6.53. The molecule has 6 nitrogen and oxygen atoms in total. The lowest BCUT2D eigenvalue weighted by Crippen LogP contribution is -2.50. The summed E-state index contributed by atoms with van der Waals surface area (Å²) in [6, 6.07) is 5.94. The van der Waals surface area contributed by atoms with Crippen LogP contribution < -0.4 is 0 Å². The molecule has 1 saturated heterocycles. The van der Waals surface area contributed by atoms with Crippen molar-refractivity contribution in [3.63, 3.8) is 0 Å². The Kier molecular flexibility index (Phi) is 2.35. The molecule has 0 aliphatic carbocycles. The van der Waals surface area contributed by atoms with Crippen LogP contribution in [0.25, 0.3) is 11.0 Å². The molecule has 3 aromatic rings. The first-order valence-electron chi connectivity index (χ1n) is 6.53. The van der Waals surface area contributed by atoms with E-state index in [1.165, 1.54) is 0 Å². The van der Waals surface area contributed by atoms with Gasteiger partial charge in [0, 0.05) is 43.3 Å². The second-order valence-corrected chi connectivity index (χ2v) is 4.95. The molecule has 1 fully saturated rings. The van der Waals surface area contributed by atoms with Gasteiger partial charge in [-0.2, -0.15) is 5.10 Å². The van der Waals surface area contributed by atoms with Crippen LogP contribution in [0.1, 0.15) is 16.4 Å². The zero-order chi connectivity index (χ0) is 13.5. The fraction of sp³-hybridized carbons (Fsp3) is 0.214. The molecule has 3 aromatic heterocycles. The number of pyridine rings is 1. The number of aromatic nitrogens is 4. The predicted octanol–water partition coefficient (Wildman–Crippen LogP) is 1.46. The Morgan fingerprint density at radius 1 is 1.30 bits per heavy atom. The molecule has 1 N–H and O–H groups in total. The number of carbonyl (C=O) groups is 1. The summed E-state index contributed by atoms with van der Waals surface area (Å²) in [6.45, 7) is 1.40. The van der Waals surface area contributed by atoms with E-state index in [9.17, 15) is 4.79 Å². The lowest BCUT2D eigenvalue weighted by atomic mass is 10.1. The number of nitrogens with one attached hydrogen (secondary N) is 1. The molecular formula is C14H13N5O. The minimum absolute atomic E-state index is 0.0488. The molecule has 0 atom stereocenters. The quantitative estimate of drug-likeness (QED) is 0.764. The highest BCUT2D eigenvalue weighted by atomic mass is 16.2. The number of aromatic amines is 1. The van der Waals surface area contributed by atoms with Crippen molar-refractivity contribution in [3.8, 4) is 0 Å². The van der Waals surface area contributed by atoms with Gasteiger partial charge in [0.2, 0.25) is 0 Å². The van der Waals surface area contributed by atoms with E-state index in [2.05, 4.69) is 15.1 Å². The highest BCUT2D eigenvalue weighted by molar-refractivity contribution is 6.06. The van der Waals surface area contributed by atoms with Crippen molar-refractivity contribution in [2.75, 3.05) is 13.1 Å². The summed E-state index contributed by atoms with van der Waals surface area (Å²) in [7, 11) is 0. The lowest BCUT2D eigenvalue weighted by molar-refractivity contribution is 0.0503. The average Bonchev–Trinajstić information content (AvgIpc) is 3.05. The number of rotatable bonds is 2. The van der Waals surface area contributed by atoms with Gasteiger partial charge in [-0.15, -0.1) is 0 Å². The van der Waals surface area contributed by atoms with Gasteiger partial charge in [-0.1, -0.05) is 0 Å². The average molecular weight is 267 g/mol. The van der Waals surface area contributed by atoms with Crippen LogP contribution in [0.4, 0.5) is 0 Å². The first-order chi connectivity index (χ1) is 9.83. The van der Waals surface area contributed by atoms with E-state index >= 15 is 0 Å². The third kappa shape index (κ3) is 1.61. The first kappa shape index (κ1) is 11.2. The number of carbonyl (C=O) groups excluding carboxylic acids is 1. The maximum atomic E-state index is 12.5. The molecule has 4 heterocycles. The van der Waals surface area contributed by atoms with Gasteiger partial charge in [0.1, 0.15) is 5.65 Å². The van der Waals surface area contributed by atoms with Gasteiger partial charge in [-0.3, -0.25) is 9.48 Å². The molecule has 1 aliphatic heterocycles. The summed E-state index contributed by atoms with van der Waals surface area (Å²) < 4.78 is 1.90. The van der Waals surface area contributed by atoms with Crippen LogP contribution in [0.2, 0.25) is 0 Å². The smallest absolute Gasteiger partial charge is 0.256 e. The Balaban J connectivity index is 1.54. The van der Waals surface area contributed by atoms with Crippen molar-refractivity contribution >= 4 is 16.9 Å². The van der Waals surface area contributed by atoms with Crippen LogP contribution in [-0.2, 0) is 0 Å². The van der Waals surface area contributed by atoms with E-state index in [0.717, 1.165) is 11.0 Å².